The molecule has 2 N–H and O–H groups in total. The monoisotopic (exact) mass is 837 g/mol. The van der Waals surface area contributed by atoms with Crippen molar-refractivity contribution in [3.63, 3.8) is 0 Å². The van der Waals surface area contributed by atoms with Gasteiger partial charge >= 0.3 is 0 Å². The molecule has 63 heavy (non-hydrogen) atoms. The van der Waals surface area contributed by atoms with Crippen LogP contribution in [0.4, 0.5) is 17.3 Å². The van der Waals surface area contributed by atoms with Crippen LogP contribution >= 0.6 is 0 Å². The lowest BCUT2D eigenvalue weighted by Gasteiger charge is -2.15. The molecule has 0 radical (unpaired) electrons. The maximum absolute atomic E-state index is 5.23. The Balaban J connectivity index is 1.05. The smallest absolute Gasteiger partial charge is 0.203 e. The molecule has 0 saturated carbocycles. The van der Waals surface area contributed by atoms with Crippen LogP contribution in [0.25, 0.3) is 56.4 Å². The van der Waals surface area contributed by atoms with Crippen molar-refractivity contribution in [1.29, 1.82) is 0 Å². The number of anilines is 3. The Labute approximate surface area is 363 Å². The van der Waals surface area contributed by atoms with Crippen molar-refractivity contribution in [3.8, 4) is 23.0 Å². The zero-order valence-corrected chi connectivity index (χ0v) is 36.2. The number of hydrogen-bond donors (Lipinski definition) is 2. The van der Waals surface area contributed by atoms with Crippen molar-refractivity contribution in [2.24, 2.45) is 0 Å². The standard InChI is InChI=1S/C46H47N17/c1-27(2)48-41-45-57-55-29(5)60(45)25-36(51-41)44-54-35-19-18-33(59(6)7)22-39(35)62(44)24-32-15-12-14-30(50-32)21-40-56-58-46-42(49-28(3)4)52-37(26-63(40)46)43-53-34-16-8-9-17-38(34)61(43)23-31-13-10-11-20-47-31/h8-20,22,25-28H,21,23-24H2,1-7H3,(H,48,51)(H,49,52). The fourth-order valence-electron chi connectivity index (χ4n) is 7.90. The average Bonchev–Trinajstić information content (AvgIpc) is 4.04. The van der Waals surface area contributed by atoms with Gasteiger partial charge in [-0.3, -0.25) is 18.8 Å². The van der Waals surface area contributed by atoms with Gasteiger partial charge in [0.1, 0.15) is 23.0 Å². The van der Waals surface area contributed by atoms with E-state index in [1.807, 2.05) is 103 Å². The third kappa shape index (κ3) is 7.51. The molecule has 0 aliphatic carbocycles. The molecule has 316 valence electrons. The highest BCUT2D eigenvalue weighted by molar-refractivity contribution is 5.84. The van der Waals surface area contributed by atoms with E-state index >= 15 is 0 Å². The Morgan fingerprint density at radius 2 is 1.21 bits per heavy atom. The van der Waals surface area contributed by atoms with E-state index in [0.29, 0.717) is 65.5 Å². The number of nitrogens with zero attached hydrogens (tertiary/aromatic N) is 15. The summed E-state index contributed by atoms with van der Waals surface area (Å²) in [5.74, 6) is 4.16. The summed E-state index contributed by atoms with van der Waals surface area (Å²) >= 11 is 0. The molecule has 0 unspecified atom stereocenters. The van der Waals surface area contributed by atoms with Crippen LogP contribution in [0.3, 0.4) is 0 Å². The van der Waals surface area contributed by atoms with Crippen molar-refractivity contribution in [2.75, 3.05) is 29.6 Å². The molecule has 8 aromatic heterocycles. The van der Waals surface area contributed by atoms with Crippen molar-refractivity contribution in [2.45, 2.75) is 66.2 Å². The summed E-state index contributed by atoms with van der Waals surface area (Å²) < 4.78 is 8.32. The second-order valence-electron chi connectivity index (χ2n) is 16.5. The zero-order chi connectivity index (χ0) is 43.4. The molecule has 0 atom stereocenters. The summed E-state index contributed by atoms with van der Waals surface area (Å²) in [7, 11) is 4.07. The summed E-state index contributed by atoms with van der Waals surface area (Å²) in [6.45, 7) is 11.2. The molecular formula is C46H47N17. The van der Waals surface area contributed by atoms with E-state index in [2.05, 4.69) is 96.9 Å². The van der Waals surface area contributed by atoms with Gasteiger partial charge in [0.25, 0.3) is 0 Å². The molecule has 0 aliphatic heterocycles. The fraction of sp³-hybridized carbons (Fsp3) is 0.261. The van der Waals surface area contributed by atoms with E-state index in [1.165, 1.54) is 0 Å². The highest BCUT2D eigenvalue weighted by Gasteiger charge is 2.23. The SMILES string of the molecule is Cc1nnc2c(NC(C)C)nc(-c3nc4ccc(N(C)C)cc4n3Cc3cccc(Cc4nnc5c(NC(C)C)nc(-c6nc7ccccc7n6Cc6ccccn6)cn45)n3)cn12. The number of benzene rings is 2. The second kappa shape index (κ2) is 15.9. The number of para-hydroxylation sites is 2. The third-order valence-corrected chi connectivity index (χ3v) is 10.8. The number of rotatable bonds is 13. The summed E-state index contributed by atoms with van der Waals surface area (Å²) in [6.07, 6.45) is 6.17. The van der Waals surface area contributed by atoms with Crippen LogP contribution in [-0.4, -0.2) is 94.4 Å². The van der Waals surface area contributed by atoms with Gasteiger partial charge in [-0.25, -0.2) is 19.9 Å². The third-order valence-electron chi connectivity index (χ3n) is 10.8. The van der Waals surface area contributed by atoms with E-state index in [1.54, 1.807) is 0 Å². The number of aromatic nitrogens is 14. The minimum Gasteiger partial charge on any atom is -0.378 e. The van der Waals surface area contributed by atoms with Gasteiger partial charge < -0.3 is 24.7 Å². The number of fused-ring (bicyclic) bond motifs is 4. The van der Waals surface area contributed by atoms with Crippen LogP contribution in [0.2, 0.25) is 0 Å². The second-order valence-corrected chi connectivity index (χ2v) is 16.5. The van der Waals surface area contributed by atoms with Gasteiger partial charge in [0.15, 0.2) is 23.3 Å². The Morgan fingerprint density at radius 1 is 0.587 bits per heavy atom. The van der Waals surface area contributed by atoms with Crippen LogP contribution in [0.15, 0.2) is 97.5 Å². The molecule has 0 aliphatic rings. The van der Waals surface area contributed by atoms with E-state index < -0.39 is 0 Å². The van der Waals surface area contributed by atoms with Gasteiger partial charge in [0.05, 0.1) is 53.0 Å². The van der Waals surface area contributed by atoms with Gasteiger partial charge in [0.2, 0.25) is 11.3 Å². The molecule has 10 aromatic rings. The topological polar surface area (TPSA) is 175 Å². The molecule has 17 heteroatoms. The van der Waals surface area contributed by atoms with Crippen LogP contribution in [0.5, 0.6) is 0 Å². The quantitative estimate of drug-likeness (QED) is 0.121. The van der Waals surface area contributed by atoms with Crippen LogP contribution in [0.1, 0.15) is 56.4 Å². The molecule has 17 nitrogen and oxygen atoms in total. The summed E-state index contributed by atoms with van der Waals surface area (Å²) in [4.78, 5) is 32.4. The molecule has 10 rings (SSSR count). The lowest BCUT2D eigenvalue weighted by atomic mass is 10.2. The Hall–Kier alpha value is -7.82. The minimum absolute atomic E-state index is 0.0937. The molecular weight excluding hydrogens is 791 g/mol. The molecule has 0 saturated heterocycles. The van der Waals surface area contributed by atoms with Gasteiger partial charge in [-0.05, 0) is 89.2 Å². The van der Waals surface area contributed by atoms with E-state index in [4.69, 9.17) is 30.0 Å². The minimum atomic E-state index is 0.0937. The summed E-state index contributed by atoms with van der Waals surface area (Å²) in [5.41, 5.74) is 10.0. The Kier molecular flexibility index (Phi) is 9.92. The van der Waals surface area contributed by atoms with Crippen molar-refractivity contribution >= 4 is 50.7 Å². The zero-order valence-electron chi connectivity index (χ0n) is 36.2. The van der Waals surface area contributed by atoms with Crippen LogP contribution < -0.4 is 15.5 Å². The molecule has 2 aromatic carbocycles. The van der Waals surface area contributed by atoms with E-state index in [9.17, 15) is 0 Å². The predicted molar refractivity (Wildman–Crippen MR) is 245 cm³/mol. The van der Waals surface area contributed by atoms with Gasteiger partial charge in [-0.1, -0.05) is 24.3 Å². The Bertz CT molecular complexity index is 3280. The van der Waals surface area contributed by atoms with Crippen molar-refractivity contribution in [1.82, 2.24) is 68.2 Å². The lowest BCUT2D eigenvalue weighted by molar-refractivity contribution is 0.787. The predicted octanol–water partition coefficient (Wildman–Crippen LogP) is 7.09. The van der Waals surface area contributed by atoms with Crippen molar-refractivity contribution in [3.05, 3.63) is 126 Å². The van der Waals surface area contributed by atoms with Crippen LogP contribution in [-0.2, 0) is 19.5 Å². The number of aryl methyl sites for hydroxylation is 1. The number of imidazole rings is 2. The highest BCUT2D eigenvalue weighted by atomic mass is 15.3. The first kappa shape index (κ1) is 39.3. The van der Waals surface area contributed by atoms with Gasteiger partial charge in [0, 0.05) is 56.2 Å². The lowest BCUT2D eigenvalue weighted by Crippen LogP contribution is -2.14. The largest absolute Gasteiger partial charge is 0.378 e. The van der Waals surface area contributed by atoms with E-state index in [0.717, 1.165) is 56.5 Å². The summed E-state index contributed by atoms with van der Waals surface area (Å²) in [5, 5.41) is 25.1. The van der Waals surface area contributed by atoms with Gasteiger partial charge in [-0.2, -0.15) is 0 Å². The normalized spacial score (nSPS) is 11.9. The molecule has 8 heterocycles. The van der Waals surface area contributed by atoms with E-state index in [-0.39, 0.29) is 12.1 Å². The molecule has 0 bridgehead atoms. The number of hydrogen-bond acceptors (Lipinski definition) is 13. The average molecular weight is 838 g/mol. The molecule has 0 fully saturated rings. The van der Waals surface area contributed by atoms with Gasteiger partial charge in [-0.15, -0.1) is 20.4 Å². The maximum atomic E-state index is 5.23. The number of pyridine rings is 2. The fourth-order valence-corrected chi connectivity index (χ4v) is 7.90. The van der Waals surface area contributed by atoms with Crippen molar-refractivity contribution < 1.29 is 0 Å². The first-order chi connectivity index (χ1) is 30.6. The Morgan fingerprint density at radius 3 is 1.92 bits per heavy atom. The first-order valence-corrected chi connectivity index (χ1v) is 21.0. The van der Waals surface area contributed by atoms with Crippen LogP contribution in [0, 0.1) is 6.92 Å². The molecule has 0 spiro atoms. The highest BCUT2D eigenvalue weighted by Crippen LogP contribution is 2.31. The number of nitrogens with one attached hydrogen (secondary N) is 2. The first-order valence-electron chi connectivity index (χ1n) is 21.0. The molecule has 0 amide bonds. The summed E-state index contributed by atoms with van der Waals surface area (Å²) in [6, 6.07) is 26.7. The maximum Gasteiger partial charge on any atom is 0.203 e.